The van der Waals surface area contributed by atoms with E-state index in [4.69, 9.17) is 0 Å². The Labute approximate surface area is 134 Å². The lowest BCUT2D eigenvalue weighted by Crippen LogP contribution is -2.14. The van der Waals surface area contributed by atoms with Crippen molar-refractivity contribution in [2.45, 2.75) is 32.1 Å². The second kappa shape index (κ2) is 6.58. The molecule has 5 nitrogen and oxygen atoms in total. The minimum absolute atomic E-state index is 0.0651. The molecule has 0 spiro atoms. The predicted octanol–water partition coefficient (Wildman–Crippen LogP) is 2.73. The molecule has 1 heterocycles. The highest BCUT2D eigenvalue weighted by Crippen LogP contribution is 2.21. The molecular formula is C15H18N2O3S2. The number of carbonyl (C=O) groups is 1. The molecule has 7 heteroatoms. The molecule has 0 saturated heterocycles. The number of aryl methyl sites for hydroxylation is 2. The Kier molecular flexibility index (Phi) is 4.97. The summed E-state index contributed by atoms with van der Waals surface area (Å²) in [6, 6.07) is 6.42. The number of nitrogens with one attached hydrogen (secondary N) is 1. The van der Waals surface area contributed by atoms with Gasteiger partial charge in [0, 0.05) is 4.88 Å². The molecule has 0 saturated carbocycles. The van der Waals surface area contributed by atoms with Gasteiger partial charge in [-0.1, -0.05) is 19.1 Å². The van der Waals surface area contributed by atoms with Crippen LogP contribution in [0.2, 0.25) is 0 Å². The summed E-state index contributed by atoms with van der Waals surface area (Å²) in [5.41, 5.74) is 1.67. The zero-order valence-electron chi connectivity index (χ0n) is 12.7. The van der Waals surface area contributed by atoms with Crippen LogP contribution in [0.3, 0.4) is 0 Å². The molecule has 0 fully saturated rings. The van der Waals surface area contributed by atoms with Crippen LogP contribution >= 0.6 is 11.3 Å². The number of thiazole rings is 1. The quantitative estimate of drug-likeness (QED) is 0.909. The van der Waals surface area contributed by atoms with Gasteiger partial charge in [0.15, 0.2) is 15.0 Å². The highest BCUT2D eigenvalue weighted by Gasteiger charge is 2.12. The third kappa shape index (κ3) is 3.92. The van der Waals surface area contributed by atoms with Crippen LogP contribution in [-0.2, 0) is 21.1 Å². The van der Waals surface area contributed by atoms with Crippen LogP contribution in [0.25, 0.3) is 0 Å². The molecule has 2 aromatic rings. The fourth-order valence-corrected chi connectivity index (χ4v) is 3.57. The van der Waals surface area contributed by atoms with Crippen molar-refractivity contribution in [3.8, 4) is 0 Å². The van der Waals surface area contributed by atoms with Gasteiger partial charge in [0.2, 0.25) is 5.91 Å². The molecule has 0 bridgehead atoms. The first kappa shape index (κ1) is 16.6. The minimum Gasteiger partial charge on any atom is -0.302 e. The lowest BCUT2D eigenvalue weighted by molar-refractivity contribution is -0.115. The van der Waals surface area contributed by atoms with Crippen LogP contribution in [0.4, 0.5) is 5.13 Å². The zero-order valence-corrected chi connectivity index (χ0v) is 14.3. The molecule has 1 aromatic carbocycles. The summed E-state index contributed by atoms with van der Waals surface area (Å²) in [5.74, 6) is -0.102. The normalized spacial score (nSPS) is 11.4. The maximum Gasteiger partial charge on any atom is 0.230 e. The number of anilines is 1. The molecule has 1 amide bonds. The number of amides is 1. The van der Waals surface area contributed by atoms with E-state index in [9.17, 15) is 13.2 Å². The predicted molar refractivity (Wildman–Crippen MR) is 88.1 cm³/mol. The Morgan fingerprint density at radius 1 is 1.23 bits per heavy atom. The van der Waals surface area contributed by atoms with E-state index >= 15 is 0 Å². The van der Waals surface area contributed by atoms with E-state index in [0.717, 1.165) is 16.1 Å². The van der Waals surface area contributed by atoms with Gasteiger partial charge in [0.05, 0.1) is 22.8 Å². The monoisotopic (exact) mass is 338 g/mol. The number of hydrogen-bond acceptors (Lipinski definition) is 5. The first-order chi connectivity index (χ1) is 10.3. The van der Waals surface area contributed by atoms with E-state index in [0.29, 0.717) is 5.13 Å². The summed E-state index contributed by atoms with van der Waals surface area (Å²) in [6.45, 7) is 5.46. The van der Waals surface area contributed by atoms with Crippen LogP contribution in [0.5, 0.6) is 0 Å². The number of hydrogen-bond donors (Lipinski definition) is 1. The average molecular weight is 338 g/mol. The van der Waals surface area contributed by atoms with Gasteiger partial charge < -0.3 is 5.32 Å². The Morgan fingerprint density at radius 2 is 1.86 bits per heavy atom. The molecule has 0 aliphatic carbocycles. The Bertz CT molecular complexity index is 758. The van der Waals surface area contributed by atoms with E-state index in [-0.39, 0.29) is 23.0 Å². The lowest BCUT2D eigenvalue weighted by atomic mass is 10.1. The summed E-state index contributed by atoms with van der Waals surface area (Å²) in [7, 11) is -3.20. The highest BCUT2D eigenvalue weighted by molar-refractivity contribution is 7.91. The number of aromatic nitrogens is 1. The lowest BCUT2D eigenvalue weighted by Gasteiger charge is -2.04. The number of rotatable bonds is 5. The zero-order chi connectivity index (χ0) is 16.3. The number of nitrogens with zero attached hydrogens (tertiary/aromatic N) is 1. The smallest absolute Gasteiger partial charge is 0.230 e. The largest absolute Gasteiger partial charge is 0.302 e. The van der Waals surface area contributed by atoms with Crippen molar-refractivity contribution in [3.05, 3.63) is 40.4 Å². The van der Waals surface area contributed by atoms with Crippen molar-refractivity contribution in [2.24, 2.45) is 0 Å². The highest BCUT2D eigenvalue weighted by atomic mass is 32.2. The molecule has 2 rings (SSSR count). The Hall–Kier alpha value is -1.73. The first-order valence-corrected chi connectivity index (χ1v) is 9.34. The van der Waals surface area contributed by atoms with E-state index in [1.165, 1.54) is 11.3 Å². The van der Waals surface area contributed by atoms with Gasteiger partial charge in [-0.2, -0.15) is 0 Å². The van der Waals surface area contributed by atoms with E-state index in [1.54, 1.807) is 31.2 Å². The van der Waals surface area contributed by atoms with Crippen molar-refractivity contribution in [1.82, 2.24) is 4.98 Å². The molecule has 0 radical (unpaired) electrons. The summed E-state index contributed by atoms with van der Waals surface area (Å²) in [5, 5.41) is 3.35. The van der Waals surface area contributed by atoms with Crippen LogP contribution in [0.15, 0.2) is 29.2 Å². The Morgan fingerprint density at radius 3 is 2.36 bits per heavy atom. The molecule has 22 heavy (non-hydrogen) atoms. The fraction of sp³-hybridized carbons (Fsp3) is 0.333. The van der Waals surface area contributed by atoms with Gasteiger partial charge in [-0.15, -0.1) is 11.3 Å². The topological polar surface area (TPSA) is 76.1 Å². The summed E-state index contributed by atoms with van der Waals surface area (Å²) >= 11 is 1.44. The van der Waals surface area contributed by atoms with Crippen LogP contribution in [0, 0.1) is 13.8 Å². The SMILES string of the molecule is CCS(=O)(=O)c1ccc(CC(=O)Nc2nc(C)c(C)s2)cc1. The summed E-state index contributed by atoms with van der Waals surface area (Å²) < 4.78 is 23.4. The average Bonchev–Trinajstić information content (AvgIpc) is 2.77. The third-order valence-corrected chi connectivity index (χ3v) is 6.04. The Balaban J connectivity index is 2.03. The molecule has 0 atom stereocenters. The minimum atomic E-state index is -3.20. The van der Waals surface area contributed by atoms with Gasteiger partial charge in [0.1, 0.15) is 0 Å². The number of benzene rings is 1. The summed E-state index contributed by atoms with van der Waals surface area (Å²) in [6.07, 6.45) is 0.185. The molecule has 1 aromatic heterocycles. The van der Waals surface area contributed by atoms with E-state index in [2.05, 4.69) is 10.3 Å². The van der Waals surface area contributed by atoms with Crippen molar-refractivity contribution >= 4 is 32.2 Å². The van der Waals surface area contributed by atoms with Gasteiger partial charge in [-0.3, -0.25) is 4.79 Å². The maximum atomic E-state index is 12.0. The van der Waals surface area contributed by atoms with Gasteiger partial charge in [0.25, 0.3) is 0 Å². The maximum absolute atomic E-state index is 12.0. The molecule has 1 N–H and O–H groups in total. The third-order valence-electron chi connectivity index (χ3n) is 3.30. The molecule has 0 unspecified atom stereocenters. The van der Waals surface area contributed by atoms with E-state index < -0.39 is 9.84 Å². The summed E-state index contributed by atoms with van der Waals surface area (Å²) in [4.78, 5) is 17.6. The number of carbonyl (C=O) groups excluding carboxylic acids is 1. The molecule has 0 aliphatic rings. The van der Waals surface area contributed by atoms with Gasteiger partial charge in [-0.05, 0) is 31.5 Å². The van der Waals surface area contributed by atoms with Crippen LogP contribution in [-0.4, -0.2) is 25.1 Å². The van der Waals surface area contributed by atoms with Crippen molar-refractivity contribution in [3.63, 3.8) is 0 Å². The molecule has 0 aliphatic heterocycles. The number of sulfone groups is 1. The standard InChI is InChI=1S/C15H18N2O3S2/c1-4-22(19,20)13-7-5-12(6-8-13)9-14(18)17-15-16-10(2)11(3)21-15/h5-8H,4,9H2,1-3H3,(H,16,17,18). The molecule has 118 valence electrons. The van der Waals surface area contributed by atoms with Gasteiger partial charge >= 0.3 is 0 Å². The fourth-order valence-electron chi connectivity index (χ4n) is 1.86. The molecular weight excluding hydrogens is 320 g/mol. The van der Waals surface area contributed by atoms with Crippen LogP contribution in [0.1, 0.15) is 23.1 Å². The van der Waals surface area contributed by atoms with Crippen LogP contribution < -0.4 is 5.32 Å². The second-order valence-electron chi connectivity index (χ2n) is 4.93. The first-order valence-electron chi connectivity index (χ1n) is 6.87. The second-order valence-corrected chi connectivity index (χ2v) is 8.41. The van der Waals surface area contributed by atoms with E-state index in [1.807, 2.05) is 13.8 Å². The van der Waals surface area contributed by atoms with Crippen molar-refractivity contribution in [1.29, 1.82) is 0 Å². The van der Waals surface area contributed by atoms with Gasteiger partial charge in [-0.25, -0.2) is 13.4 Å². The van der Waals surface area contributed by atoms with Crippen molar-refractivity contribution in [2.75, 3.05) is 11.1 Å². The van der Waals surface area contributed by atoms with Crippen molar-refractivity contribution < 1.29 is 13.2 Å².